The van der Waals surface area contributed by atoms with Gasteiger partial charge in [-0.1, -0.05) is 64.2 Å². The van der Waals surface area contributed by atoms with E-state index >= 15 is 0 Å². The Bertz CT molecular complexity index is 840. The lowest BCUT2D eigenvalue weighted by atomic mass is 9.86. The summed E-state index contributed by atoms with van der Waals surface area (Å²) in [6, 6.07) is -1.60. The standard InChI is InChI=1S/C31H54N3O10/c1-24(29(39)25(16-19-35)28(32)31(41)42)30(40)34-18-21-44-23-22-43-20-17-33-26(36)14-12-10-8-6-4-2-3-5-7-9-11-13-15-27(37)38/h24-25,28H,2-18,20-23,32H2,1H3,(H,33,36)(H,34,40)(H,37,38)(H,41,42)/t24?,25?,28-/m0/s1. The van der Waals surface area contributed by atoms with Gasteiger partial charge in [0.2, 0.25) is 11.8 Å². The molecule has 0 saturated heterocycles. The number of nitrogens with two attached hydrogens (primary N) is 1. The molecule has 3 atom stereocenters. The predicted octanol–water partition coefficient (Wildman–Crippen LogP) is 2.53. The molecule has 0 aliphatic heterocycles. The van der Waals surface area contributed by atoms with Gasteiger partial charge in [-0.25, -0.2) is 0 Å². The third kappa shape index (κ3) is 22.6. The Morgan fingerprint density at radius 1 is 0.705 bits per heavy atom. The SMILES string of the molecule is CC(C(=O)NCCOCCOCCNC(=O)CCCCCCCCCCCCCCC(=O)O)C(=O)C(C[C]=O)[C@H](N)C(=O)O. The minimum Gasteiger partial charge on any atom is -0.481 e. The van der Waals surface area contributed by atoms with Crippen LogP contribution >= 0.6 is 0 Å². The van der Waals surface area contributed by atoms with Crippen molar-refractivity contribution in [3.8, 4) is 0 Å². The third-order valence-electron chi connectivity index (χ3n) is 7.24. The molecule has 0 aromatic heterocycles. The highest BCUT2D eigenvalue weighted by atomic mass is 16.5. The van der Waals surface area contributed by atoms with Crippen LogP contribution in [-0.4, -0.2) is 91.6 Å². The first kappa shape index (κ1) is 41.1. The Morgan fingerprint density at radius 2 is 1.16 bits per heavy atom. The van der Waals surface area contributed by atoms with E-state index in [0.717, 1.165) is 38.5 Å². The van der Waals surface area contributed by atoms with E-state index in [-0.39, 0.29) is 32.1 Å². The van der Waals surface area contributed by atoms with Gasteiger partial charge in [-0.2, -0.15) is 0 Å². The van der Waals surface area contributed by atoms with Crippen molar-refractivity contribution in [1.29, 1.82) is 0 Å². The number of hydrogen-bond acceptors (Lipinski definition) is 9. The average Bonchev–Trinajstić information content (AvgIpc) is 2.99. The molecule has 2 amide bonds. The Hall–Kier alpha value is -2.90. The first-order valence-electron chi connectivity index (χ1n) is 15.9. The summed E-state index contributed by atoms with van der Waals surface area (Å²) in [6.07, 6.45) is 15.0. The lowest BCUT2D eigenvalue weighted by Crippen LogP contribution is -2.46. The fourth-order valence-electron chi connectivity index (χ4n) is 4.52. The Labute approximate surface area is 261 Å². The number of aliphatic carboxylic acids is 2. The number of Topliss-reactive ketones (excluding diaryl/α,β-unsaturated/α-hetero) is 1. The number of carbonyl (C=O) groups is 5. The van der Waals surface area contributed by atoms with Gasteiger partial charge in [-0.3, -0.25) is 28.8 Å². The molecule has 0 aromatic rings. The summed E-state index contributed by atoms with van der Waals surface area (Å²) in [5.41, 5.74) is 5.47. The number of carbonyl (C=O) groups excluding carboxylic acids is 4. The first-order valence-corrected chi connectivity index (χ1v) is 15.9. The zero-order valence-electron chi connectivity index (χ0n) is 26.3. The number of hydrogen-bond donors (Lipinski definition) is 5. The number of amides is 2. The minimum atomic E-state index is -1.60. The van der Waals surface area contributed by atoms with Crippen LogP contribution in [0.4, 0.5) is 0 Å². The largest absolute Gasteiger partial charge is 0.481 e. The van der Waals surface area contributed by atoms with Crippen LogP contribution in [-0.2, 0) is 38.2 Å². The Morgan fingerprint density at radius 3 is 1.61 bits per heavy atom. The van der Waals surface area contributed by atoms with Crippen LogP contribution in [0.5, 0.6) is 0 Å². The molecule has 0 aromatic carbocycles. The molecule has 13 nitrogen and oxygen atoms in total. The molecule has 0 rings (SSSR count). The van der Waals surface area contributed by atoms with Gasteiger partial charge < -0.3 is 36.1 Å². The third-order valence-corrected chi connectivity index (χ3v) is 7.24. The molecule has 6 N–H and O–H groups in total. The molecule has 0 saturated carbocycles. The van der Waals surface area contributed by atoms with Crippen molar-refractivity contribution in [1.82, 2.24) is 10.6 Å². The summed E-state index contributed by atoms with van der Waals surface area (Å²) >= 11 is 0. The number of unbranched alkanes of at least 4 members (excludes halogenated alkanes) is 11. The first-order chi connectivity index (χ1) is 21.1. The molecule has 44 heavy (non-hydrogen) atoms. The van der Waals surface area contributed by atoms with E-state index in [9.17, 15) is 28.8 Å². The lowest BCUT2D eigenvalue weighted by Gasteiger charge is -2.20. The monoisotopic (exact) mass is 628 g/mol. The van der Waals surface area contributed by atoms with Gasteiger partial charge >= 0.3 is 11.9 Å². The van der Waals surface area contributed by atoms with Gasteiger partial charge in [-0.05, 0) is 19.8 Å². The molecule has 0 spiro atoms. The number of nitrogens with one attached hydrogen (secondary N) is 2. The highest BCUT2D eigenvalue weighted by Gasteiger charge is 2.35. The van der Waals surface area contributed by atoms with Gasteiger partial charge in [0, 0.05) is 32.4 Å². The number of carboxylic acid groups (broad SMARTS) is 2. The van der Waals surface area contributed by atoms with Crippen molar-refractivity contribution in [2.45, 2.75) is 109 Å². The van der Waals surface area contributed by atoms with Gasteiger partial charge in [0.25, 0.3) is 0 Å². The maximum Gasteiger partial charge on any atom is 0.321 e. The molecular formula is C31H54N3O10. The van der Waals surface area contributed by atoms with E-state index in [1.54, 1.807) is 0 Å². The zero-order valence-corrected chi connectivity index (χ0v) is 26.3. The van der Waals surface area contributed by atoms with E-state index < -0.39 is 47.9 Å². The Kier molecular flexibility index (Phi) is 25.8. The molecule has 0 fully saturated rings. The van der Waals surface area contributed by atoms with Crippen molar-refractivity contribution in [2.75, 3.05) is 39.5 Å². The summed E-state index contributed by atoms with van der Waals surface area (Å²) in [6.45, 7) is 2.97. The topological polar surface area (TPSA) is 211 Å². The fraction of sp³-hybridized carbons (Fsp3) is 0.806. The second kappa shape index (κ2) is 27.6. The molecule has 0 aliphatic carbocycles. The van der Waals surface area contributed by atoms with Crippen molar-refractivity contribution in [3.63, 3.8) is 0 Å². The van der Waals surface area contributed by atoms with Gasteiger partial charge in [0.05, 0.1) is 38.3 Å². The van der Waals surface area contributed by atoms with Crippen LogP contribution in [0.3, 0.4) is 0 Å². The summed E-state index contributed by atoms with van der Waals surface area (Å²) in [5, 5.41) is 23.0. The van der Waals surface area contributed by atoms with E-state index in [1.807, 2.05) is 0 Å². The highest BCUT2D eigenvalue weighted by molar-refractivity contribution is 6.04. The maximum atomic E-state index is 12.4. The summed E-state index contributed by atoms with van der Waals surface area (Å²) in [5.74, 6) is -6.01. The second-order valence-electron chi connectivity index (χ2n) is 10.9. The smallest absolute Gasteiger partial charge is 0.321 e. The fourth-order valence-corrected chi connectivity index (χ4v) is 4.52. The molecule has 13 heteroatoms. The van der Waals surface area contributed by atoms with Crippen LogP contribution in [0, 0.1) is 11.8 Å². The van der Waals surface area contributed by atoms with E-state index in [1.165, 1.54) is 51.7 Å². The van der Waals surface area contributed by atoms with Crippen molar-refractivity contribution >= 4 is 35.8 Å². The molecule has 253 valence electrons. The highest BCUT2D eigenvalue weighted by Crippen LogP contribution is 2.15. The zero-order chi connectivity index (χ0) is 33.0. The summed E-state index contributed by atoms with van der Waals surface area (Å²) < 4.78 is 10.8. The minimum absolute atomic E-state index is 0.0113. The molecular weight excluding hydrogens is 574 g/mol. The summed E-state index contributed by atoms with van der Waals surface area (Å²) in [4.78, 5) is 68.8. The average molecular weight is 629 g/mol. The molecule has 0 aliphatic rings. The van der Waals surface area contributed by atoms with Crippen LogP contribution in [0.1, 0.15) is 103 Å². The van der Waals surface area contributed by atoms with Crippen LogP contribution in [0.25, 0.3) is 0 Å². The van der Waals surface area contributed by atoms with Crippen LogP contribution < -0.4 is 16.4 Å². The van der Waals surface area contributed by atoms with Gasteiger partial charge in [0.15, 0.2) is 12.1 Å². The second-order valence-corrected chi connectivity index (χ2v) is 10.9. The number of ether oxygens (including phenoxy) is 2. The van der Waals surface area contributed by atoms with Gasteiger partial charge in [0.1, 0.15) is 6.04 Å². The number of rotatable bonds is 31. The number of ketones is 1. The summed E-state index contributed by atoms with van der Waals surface area (Å²) in [7, 11) is 0. The Balaban J connectivity index is 3.60. The van der Waals surface area contributed by atoms with E-state index in [2.05, 4.69) is 10.6 Å². The maximum absolute atomic E-state index is 12.4. The quantitative estimate of drug-likeness (QED) is 0.0556. The molecule has 0 bridgehead atoms. The van der Waals surface area contributed by atoms with Gasteiger partial charge in [-0.15, -0.1) is 0 Å². The normalized spacial score (nSPS) is 13.0. The lowest BCUT2D eigenvalue weighted by molar-refractivity contribution is -0.145. The van der Waals surface area contributed by atoms with Crippen molar-refractivity contribution in [2.24, 2.45) is 17.6 Å². The van der Waals surface area contributed by atoms with E-state index in [0.29, 0.717) is 26.2 Å². The predicted molar refractivity (Wildman–Crippen MR) is 164 cm³/mol. The van der Waals surface area contributed by atoms with Crippen molar-refractivity contribution in [3.05, 3.63) is 0 Å². The molecule has 2 unspecified atom stereocenters. The molecule has 0 heterocycles. The molecule has 1 radical (unpaired) electrons. The van der Waals surface area contributed by atoms with Crippen LogP contribution in [0.15, 0.2) is 0 Å². The van der Waals surface area contributed by atoms with Crippen molar-refractivity contribution < 1.29 is 48.5 Å². The number of carboxylic acids is 2. The van der Waals surface area contributed by atoms with Crippen LogP contribution in [0.2, 0.25) is 0 Å². The van der Waals surface area contributed by atoms with E-state index in [4.69, 9.17) is 25.4 Å².